The molecule has 0 radical (unpaired) electrons. The second-order valence-corrected chi connectivity index (χ2v) is 7.60. The highest BCUT2D eigenvalue weighted by Crippen LogP contribution is 2.36. The van der Waals surface area contributed by atoms with E-state index in [0.29, 0.717) is 35.2 Å². The van der Waals surface area contributed by atoms with Crippen LogP contribution in [0.4, 0.5) is 15.9 Å². The van der Waals surface area contributed by atoms with Gasteiger partial charge in [0.25, 0.3) is 5.91 Å². The lowest BCUT2D eigenvalue weighted by Gasteiger charge is -2.14. The highest BCUT2D eigenvalue weighted by Gasteiger charge is 2.48. The number of halogens is 1. The van der Waals surface area contributed by atoms with Gasteiger partial charge in [-0.1, -0.05) is 19.9 Å². The van der Waals surface area contributed by atoms with Crippen LogP contribution in [0.15, 0.2) is 42.7 Å². The fourth-order valence-electron chi connectivity index (χ4n) is 3.73. The normalized spacial score (nSPS) is 18.2. The average molecular weight is 408 g/mol. The van der Waals surface area contributed by atoms with E-state index in [-0.39, 0.29) is 17.8 Å². The topological polar surface area (TPSA) is 87.1 Å². The van der Waals surface area contributed by atoms with Crippen molar-refractivity contribution < 1.29 is 14.3 Å². The van der Waals surface area contributed by atoms with Crippen molar-refractivity contribution >= 4 is 28.3 Å². The maximum atomic E-state index is 13.6. The van der Waals surface area contributed by atoms with Crippen LogP contribution < -0.4 is 10.6 Å². The van der Waals surface area contributed by atoms with E-state index in [4.69, 9.17) is 0 Å². The molecule has 2 aliphatic rings. The Morgan fingerprint density at radius 1 is 1.10 bits per heavy atom. The third kappa shape index (κ3) is 3.98. The lowest BCUT2D eigenvalue weighted by Crippen LogP contribution is -2.29. The molecule has 2 aliphatic carbocycles. The summed E-state index contributed by atoms with van der Waals surface area (Å²) in [5.41, 5.74) is 2.54. The molecule has 2 aromatic carbocycles. The van der Waals surface area contributed by atoms with E-state index in [9.17, 15) is 14.3 Å². The second kappa shape index (κ2) is 7.99. The minimum atomic E-state index is -1.19. The Labute approximate surface area is 174 Å². The number of carbonyl (C=O) groups is 1. The average Bonchev–Trinajstić information content (AvgIpc) is 3.38. The van der Waals surface area contributed by atoms with Crippen molar-refractivity contribution in [3.05, 3.63) is 59.7 Å². The molecule has 1 atom stereocenters. The van der Waals surface area contributed by atoms with Gasteiger partial charge >= 0.3 is 0 Å². The summed E-state index contributed by atoms with van der Waals surface area (Å²) in [6.45, 7) is 4.00. The first-order valence-electron chi connectivity index (χ1n) is 10.3. The highest BCUT2D eigenvalue weighted by atomic mass is 19.1. The Hall–Kier alpha value is -3.06. The van der Waals surface area contributed by atoms with Gasteiger partial charge in [0.1, 0.15) is 23.6 Å². The van der Waals surface area contributed by atoms with Crippen molar-refractivity contribution in [2.75, 3.05) is 10.6 Å². The predicted molar refractivity (Wildman–Crippen MR) is 115 cm³/mol. The van der Waals surface area contributed by atoms with Crippen LogP contribution in [0.1, 0.15) is 37.8 Å². The Balaban J connectivity index is 0.00000106. The van der Waals surface area contributed by atoms with Crippen LogP contribution in [0.2, 0.25) is 0 Å². The van der Waals surface area contributed by atoms with Crippen molar-refractivity contribution in [3.63, 3.8) is 0 Å². The monoisotopic (exact) mass is 408 g/mol. The lowest BCUT2D eigenvalue weighted by molar-refractivity contribution is -0.125. The first-order valence-corrected chi connectivity index (χ1v) is 10.3. The Kier molecular flexibility index (Phi) is 5.39. The number of fused-ring (bicyclic) bond motifs is 2. The molecule has 0 aliphatic heterocycles. The standard InChI is InChI=1S/C21H19FN4O2.C2H6/c22-14-2-4-18-17(10-14)19(24-11-23-18)25-16-7-12-1-3-15(8-13(12)9-16)26-20(27)21(28)5-6-21;1-2/h1-4,8,10-11,16,28H,5-7,9H2,(H,26,27)(H,23,24,25);1-2H3. The van der Waals surface area contributed by atoms with Gasteiger partial charge in [-0.3, -0.25) is 4.79 Å². The molecular weight excluding hydrogens is 383 g/mol. The molecule has 1 saturated carbocycles. The summed E-state index contributed by atoms with van der Waals surface area (Å²) < 4.78 is 13.6. The van der Waals surface area contributed by atoms with E-state index in [1.807, 2.05) is 32.0 Å². The molecule has 5 rings (SSSR count). The van der Waals surface area contributed by atoms with E-state index in [1.165, 1.54) is 24.0 Å². The minimum absolute atomic E-state index is 0.120. The van der Waals surface area contributed by atoms with Crippen LogP contribution in [-0.4, -0.2) is 32.6 Å². The van der Waals surface area contributed by atoms with E-state index in [2.05, 4.69) is 20.6 Å². The van der Waals surface area contributed by atoms with Crippen LogP contribution in [0.25, 0.3) is 10.9 Å². The molecule has 6 nitrogen and oxygen atoms in total. The Morgan fingerprint density at radius 2 is 1.87 bits per heavy atom. The van der Waals surface area contributed by atoms with Crippen LogP contribution in [-0.2, 0) is 17.6 Å². The number of amides is 1. The number of hydrogen-bond acceptors (Lipinski definition) is 5. The molecule has 1 amide bonds. The van der Waals surface area contributed by atoms with Crippen molar-refractivity contribution in [1.82, 2.24) is 9.97 Å². The molecule has 0 bridgehead atoms. The molecule has 1 aromatic heterocycles. The van der Waals surface area contributed by atoms with Gasteiger partial charge in [-0.05, 0) is 67.1 Å². The zero-order valence-corrected chi connectivity index (χ0v) is 17.1. The first-order chi connectivity index (χ1) is 14.5. The van der Waals surface area contributed by atoms with Gasteiger partial charge in [-0.25, -0.2) is 14.4 Å². The van der Waals surface area contributed by atoms with Crippen molar-refractivity contribution in [2.45, 2.75) is 51.2 Å². The molecule has 7 heteroatoms. The van der Waals surface area contributed by atoms with Crippen LogP contribution in [0, 0.1) is 5.82 Å². The SMILES string of the molecule is CC.O=C(Nc1ccc2c(c1)CC(Nc1ncnc3ccc(F)cc13)C2)C1(O)CC1. The summed E-state index contributed by atoms with van der Waals surface area (Å²) in [6.07, 6.45) is 4.09. The lowest BCUT2D eigenvalue weighted by atomic mass is 10.1. The minimum Gasteiger partial charge on any atom is -0.380 e. The van der Waals surface area contributed by atoms with E-state index in [0.717, 1.165) is 18.4 Å². The van der Waals surface area contributed by atoms with Crippen molar-refractivity contribution in [3.8, 4) is 0 Å². The number of hydrogen-bond donors (Lipinski definition) is 3. The summed E-state index contributed by atoms with van der Waals surface area (Å²) >= 11 is 0. The number of nitrogens with one attached hydrogen (secondary N) is 2. The molecule has 3 N–H and O–H groups in total. The summed E-state index contributed by atoms with van der Waals surface area (Å²) in [4.78, 5) is 20.5. The first kappa shape index (κ1) is 20.2. The van der Waals surface area contributed by atoms with Crippen molar-refractivity contribution in [1.29, 1.82) is 0 Å². The molecule has 1 unspecified atom stereocenters. The molecule has 0 spiro atoms. The molecule has 3 aromatic rings. The van der Waals surface area contributed by atoms with Crippen molar-refractivity contribution in [2.24, 2.45) is 0 Å². The van der Waals surface area contributed by atoms with E-state index < -0.39 is 5.60 Å². The zero-order chi connectivity index (χ0) is 21.3. The van der Waals surface area contributed by atoms with Gasteiger partial charge in [0, 0.05) is 17.1 Å². The van der Waals surface area contributed by atoms with Gasteiger partial charge in [-0.2, -0.15) is 0 Å². The molecule has 1 heterocycles. The number of benzene rings is 2. The largest absolute Gasteiger partial charge is 0.380 e. The number of carbonyl (C=O) groups excluding carboxylic acids is 1. The van der Waals surface area contributed by atoms with Gasteiger partial charge in [0.2, 0.25) is 0 Å². The van der Waals surface area contributed by atoms with Crippen LogP contribution in [0.3, 0.4) is 0 Å². The number of aliphatic hydroxyl groups is 1. The summed E-state index contributed by atoms with van der Waals surface area (Å²) in [5.74, 6) is -0.0425. The van der Waals surface area contributed by atoms with Gasteiger partial charge < -0.3 is 15.7 Å². The molecule has 156 valence electrons. The smallest absolute Gasteiger partial charge is 0.256 e. The van der Waals surface area contributed by atoms with Crippen LogP contribution >= 0.6 is 0 Å². The fraction of sp³-hybridized carbons (Fsp3) is 0.348. The summed E-state index contributed by atoms with van der Waals surface area (Å²) in [5, 5.41) is 16.8. The fourth-order valence-corrected chi connectivity index (χ4v) is 3.73. The molecule has 0 saturated heterocycles. The number of anilines is 2. The summed E-state index contributed by atoms with van der Waals surface area (Å²) in [6, 6.07) is 10.4. The van der Waals surface area contributed by atoms with E-state index >= 15 is 0 Å². The number of nitrogens with zero attached hydrogens (tertiary/aromatic N) is 2. The quantitative estimate of drug-likeness (QED) is 0.611. The number of rotatable bonds is 4. The second-order valence-electron chi connectivity index (χ2n) is 7.60. The third-order valence-corrected chi connectivity index (χ3v) is 5.48. The Morgan fingerprint density at radius 3 is 2.63 bits per heavy atom. The van der Waals surface area contributed by atoms with Crippen LogP contribution in [0.5, 0.6) is 0 Å². The maximum absolute atomic E-state index is 13.6. The number of aromatic nitrogens is 2. The molecule has 30 heavy (non-hydrogen) atoms. The maximum Gasteiger partial charge on any atom is 0.256 e. The highest BCUT2D eigenvalue weighted by molar-refractivity contribution is 5.99. The van der Waals surface area contributed by atoms with E-state index in [1.54, 1.807) is 6.07 Å². The molecule has 1 fully saturated rings. The molecular formula is C23H25FN4O2. The predicted octanol–water partition coefficient (Wildman–Crippen LogP) is 3.84. The Bertz CT molecular complexity index is 1100. The third-order valence-electron chi connectivity index (χ3n) is 5.48. The van der Waals surface area contributed by atoms with Gasteiger partial charge in [0.15, 0.2) is 0 Å². The summed E-state index contributed by atoms with van der Waals surface area (Å²) in [7, 11) is 0. The van der Waals surface area contributed by atoms with Gasteiger partial charge in [0.05, 0.1) is 5.52 Å². The van der Waals surface area contributed by atoms with Gasteiger partial charge in [-0.15, -0.1) is 0 Å². The zero-order valence-electron chi connectivity index (χ0n) is 17.1.